The number of ether oxygens (including phenoxy) is 3. The van der Waals surface area contributed by atoms with Crippen molar-refractivity contribution in [2.24, 2.45) is 0 Å². The SMILES string of the molecule is CO[C@@H]1O[C@H](COCc2ccccc2)[C@@H](O)[C@H](O)[C@H]1N1C(=O)c2ccccc2C1=O. The monoisotopic (exact) mass is 413 g/mol. The van der Waals surface area contributed by atoms with Crippen molar-refractivity contribution >= 4 is 11.8 Å². The quantitative estimate of drug-likeness (QED) is 0.680. The molecular formula is C22H23NO7. The molecular weight excluding hydrogens is 390 g/mol. The number of fused-ring (bicyclic) bond motifs is 1. The molecule has 0 radical (unpaired) electrons. The Hall–Kier alpha value is -2.62. The zero-order chi connectivity index (χ0) is 21.3. The van der Waals surface area contributed by atoms with E-state index in [0.29, 0.717) is 6.61 Å². The summed E-state index contributed by atoms with van der Waals surface area (Å²) in [4.78, 5) is 26.5. The number of carbonyl (C=O) groups is 2. The molecule has 158 valence electrons. The molecule has 1 fully saturated rings. The molecule has 0 unspecified atom stereocenters. The molecule has 2 amide bonds. The molecule has 2 heterocycles. The number of carbonyl (C=O) groups excluding carboxylic acids is 2. The van der Waals surface area contributed by atoms with Gasteiger partial charge in [-0.25, -0.2) is 0 Å². The molecule has 2 aromatic carbocycles. The number of hydrogen-bond acceptors (Lipinski definition) is 7. The topological polar surface area (TPSA) is 106 Å². The van der Waals surface area contributed by atoms with E-state index in [2.05, 4.69) is 0 Å². The molecule has 2 N–H and O–H groups in total. The van der Waals surface area contributed by atoms with Crippen LogP contribution in [0.3, 0.4) is 0 Å². The van der Waals surface area contributed by atoms with E-state index < -0.39 is 42.5 Å². The maximum atomic E-state index is 12.8. The predicted molar refractivity (Wildman–Crippen MR) is 105 cm³/mol. The molecule has 30 heavy (non-hydrogen) atoms. The Morgan fingerprint density at radius 1 is 0.933 bits per heavy atom. The van der Waals surface area contributed by atoms with Crippen molar-refractivity contribution in [1.29, 1.82) is 0 Å². The van der Waals surface area contributed by atoms with Crippen LogP contribution in [0.15, 0.2) is 54.6 Å². The maximum absolute atomic E-state index is 12.8. The summed E-state index contributed by atoms with van der Waals surface area (Å²) in [5.41, 5.74) is 1.44. The third-order valence-corrected chi connectivity index (χ3v) is 5.42. The molecule has 0 spiro atoms. The van der Waals surface area contributed by atoms with Crippen LogP contribution in [-0.2, 0) is 20.8 Å². The lowest BCUT2D eigenvalue weighted by atomic mass is 9.95. The van der Waals surface area contributed by atoms with Gasteiger partial charge in [0.15, 0.2) is 6.29 Å². The van der Waals surface area contributed by atoms with Crippen molar-refractivity contribution < 1.29 is 34.0 Å². The third kappa shape index (κ3) is 3.64. The molecule has 0 saturated carbocycles. The second-order valence-corrected chi connectivity index (χ2v) is 7.28. The van der Waals surface area contributed by atoms with Gasteiger partial charge in [-0.3, -0.25) is 14.5 Å². The Labute approximate surface area is 173 Å². The fraction of sp³-hybridized carbons (Fsp3) is 0.364. The minimum absolute atomic E-state index is 0.00180. The van der Waals surface area contributed by atoms with Gasteiger partial charge in [0.2, 0.25) is 0 Å². The maximum Gasteiger partial charge on any atom is 0.262 e. The summed E-state index contributed by atoms with van der Waals surface area (Å²) in [6.45, 7) is 0.310. The van der Waals surface area contributed by atoms with Gasteiger partial charge in [-0.05, 0) is 17.7 Å². The van der Waals surface area contributed by atoms with Gasteiger partial charge in [0.25, 0.3) is 11.8 Å². The van der Waals surface area contributed by atoms with Crippen LogP contribution in [0, 0.1) is 0 Å². The Balaban J connectivity index is 1.48. The van der Waals surface area contributed by atoms with Crippen molar-refractivity contribution in [1.82, 2.24) is 4.90 Å². The van der Waals surface area contributed by atoms with Crippen LogP contribution in [0.1, 0.15) is 26.3 Å². The molecule has 0 aliphatic carbocycles. The number of aliphatic hydroxyl groups is 2. The highest BCUT2D eigenvalue weighted by Crippen LogP contribution is 2.32. The first-order valence-corrected chi connectivity index (χ1v) is 9.66. The van der Waals surface area contributed by atoms with Crippen molar-refractivity contribution in [3.05, 3.63) is 71.3 Å². The molecule has 2 aliphatic heterocycles. The van der Waals surface area contributed by atoms with Gasteiger partial charge in [0, 0.05) is 7.11 Å². The lowest BCUT2D eigenvalue weighted by molar-refractivity contribution is -0.275. The molecule has 4 rings (SSSR count). The first kappa shape index (κ1) is 20.6. The zero-order valence-electron chi connectivity index (χ0n) is 16.4. The fourth-order valence-corrected chi connectivity index (χ4v) is 3.87. The molecule has 2 aromatic rings. The number of benzene rings is 2. The van der Waals surface area contributed by atoms with Gasteiger partial charge < -0.3 is 24.4 Å². The Morgan fingerprint density at radius 3 is 2.13 bits per heavy atom. The van der Waals surface area contributed by atoms with Crippen LogP contribution in [0.2, 0.25) is 0 Å². The lowest BCUT2D eigenvalue weighted by Crippen LogP contribution is -2.65. The third-order valence-electron chi connectivity index (χ3n) is 5.42. The van der Waals surface area contributed by atoms with Gasteiger partial charge >= 0.3 is 0 Å². The van der Waals surface area contributed by atoms with Crippen LogP contribution in [0.4, 0.5) is 0 Å². The van der Waals surface area contributed by atoms with Crippen LogP contribution in [-0.4, -0.2) is 71.3 Å². The number of nitrogens with zero attached hydrogens (tertiary/aromatic N) is 1. The first-order valence-electron chi connectivity index (χ1n) is 9.66. The van der Waals surface area contributed by atoms with Crippen molar-refractivity contribution in [3.63, 3.8) is 0 Å². The smallest absolute Gasteiger partial charge is 0.262 e. The minimum atomic E-state index is -1.46. The number of hydrogen-bond donors (Lipinski definition) is 2. The predicted octanol–water partition coefficient (Wildman–Crippen LogP) is 0.961. The summed E-state index contributed by atoms with van der Waals surface area (Å²) in [6, 6.07) is 14.7. The van der Waals surface area contributed by atoms with E-state index in [-0.39, 0.29) is 17.7 Å². The summed E-state index contributed by atoms with van der Waals surface area (Å²) in [7, 11) is 1.35. The van der Waals surface area contributed by atoms with Gasteiger partial charge in [-0.15, -0.1) is 0 Å². The Kier molecular flexibility index (Phi) is 5.94. The first-order chi connectivity index (χ1) is 14.5. The summed E-state index contributed by atoms with van der Waals surface area (Å²) < 4.78 is 16.7. The van der Waals surface area contributed by atoms with E-state index in [4.69, 9.17) is 14.2 Å². The van der Waals surface area contributed by atoms with Crippen LogP contribution in [0.5, 0.6) is 0 Å². The molecule has 8 nitrogen and oxygen atoms in total. The Morgan fingerprint density at radius 2 is 1.53 bits per heavy atom. The standard InChI is InChI=1S/C22H23NO7/c1-28-22-17(23-20(26)14-9-5-6-10-15(14)21(23)27)19(25)18(24)16(30-22)12-29-11-13-7-3-2-4-8-13/h2-10,16-19,22,24-25H,11-12H2,1H3/t16-,17-,18-,19-,22-/m1/s1. The molecule has 5 atom stereocenters. The van der Waals surface area contributed by atoms with Gasteiger partial charge in [-0.2, -0.15) is 0 Å². The largest absolute Gasteiger partial charge is 0.388 e. The van der Waals surface area contributed by atoms with E-state index >= 15 is 0 Å². The summed E-state index contributed by atoms with van der Waals surface area (Å²) in [5.74, 6) is -1.12. The second kappa shape index (κ2) is 8.63. The highest BCUT2D eigenvalue weighted by Gasteiger charge is 2.53. The lowest BCUT2D eigenvalue weighted by Gasteiger charge is -2.44. The molecule has 1 saturated heterocycles. The molecule has 0 bridgehead atoms. The van der Waals surface area contributed by atoms with Crippen LogP contribution >= 0.6 is 0 Å². The van der Waals surface area contributed by atoms with E-state index in [9.17, 15) is 19.8 Å². The number of methoxy groups -OCH3 is 1. The van der Waals surface area contributed by atoms with Crippen LogP contribution in [0.25, 0.3) is 0 Å². The van der Waals surface area contributed by atoms with Gasteiger partial charge in [-0.1, -0.05) is 42.5 Å². The summed E-state index contributed by atoms with van der Waals surface area (Å²) >= 11 is 0. The van der Waals surface area contributed by atoms with Crippen molar-refractivity contribution in [2.75, 3.05) is 13.7 Å². The van der Waals surface area contributed by atoms with E-state index in [0.717, 1.165) is 10.5 Å². The summed E-state index contributed by atoms with van der Waals surface area (Å²) in [6.07, 6.45) is -4.84. The highest BCUT2D eigenvalue weighted by atomic mass is 16.7. The number of rotatable bonds is 6. The number of aliphatic hydroxyl groups excluding tert-OH is 2. The number of imide groups is 1. The zero-order valence-corrected chi connectivity index (χ0v) is 16.4. The van der Waals surface area contributed by atoms with Gasteiger partial charge in [0.1, 0.15) is 24.4 Å². The van der Waals surface area contributed by atoms with E-state index in [1.807, 2.05) is 30.3 Å². The average Bonchev–Trinajstić information content (AvgIpc) is 3.02. The molecule has 0 aromatic heterocycles. The number of amides is 2. The summed E-state index contributed by atoms with van der Waals surface area (Å²) in [5, 5.41) is 21.4. The van der Waals surface area contributed by atoms with Crippen molar-refractivity contribution in [2.45, 2.75) is 37.3 Å². The normalized spacial score (nSPS) is 28.6. The van der Waals surface area contributed by atoms with Crippen LogP contribution < -0.4 is 0 Å². The van der Waals surface area contributed by atoms with Crippen molar-refractivity contribution in [3.8, 4) is 0 Å². The highest BCUT2D eigenvalue weighted by molar-refractivity contribution is 6.21. The molecule has 2 aliphatic rings. The fourth-order valence-electron chi connectivity index (χ4n) is 3.87. The molecule has 8 heteroatoms. The Bertz CT molecular complexity index is 882. The second-order valence-electron chi connectivity index (χ2n) is 7.28. The van der Waals surface area contributed by atoms with E-state index in [1.165, 1.54) is 7.11 Å². The minimum Gasteiger partial charge on any atom is -0.388 e. The average molecular weight is 413 g/mol. The van der Waals surface area contributed by atoms with Gasteiger partial charge in [0.05, 0.1) is 24.3 Å². The van der Waals surface area contributed by atoms with E-state index in [1.54, 1.807) is 24.3 Å².